The van der Waals surface area contributed by atoms with Gasteiger partial charge in [0.2, 0.25) is 0 Å². The van der Waals surface area contributed by atoms with Crippen molar-refractivity contribution in [3.05, 3.63) is 77.6 Å². The van der Waals surface area contributed by atoms with Crippen LogP contribution in [0.4, 0.5) is 0 Å². The maximum absolute atomic E-state index is 9.17. The van der Waals surface area contributed by atoms with E-state index in [9.17, 15) is 10.2 Å². The molecule has 0 saturated carbocycles. The molecule has 4 nitrogen and oxygen atoms in total. The van der Waals surface area contributed by atoms with E-state index in [-0.39, 0.29) is 32.3 Å². The molecule has 178 valence electrons. The molecule has 0 bridgehead atoms. The quantitative estimate of drug-likeness (QED) is 0.272. The molecule has 2 aromatic carbocycles. The van der Waals surface area contributed by atoms with Crippen molar-refractivity contribution >= 4 is 63.7 Å². The molecule has 0 saturated heterocycles. The van der Waals surface area contributed by atoms with Gasteiger partial charge in [0.15, 0.2) is 0 Å². The summed E-state index contributed by atoms with van der Waals surface area (Å²) >= 11 is 14.7. The lowest BCUT2D eigenvalue weighted by atomic mass is 9.63. The summed E-state index contributed by atoms with van der Waals surface area (Å²) in [7, 11) is 0. The predicted octanol–water partition coefficient (Wildman–Crippen LogP) is 7.31. The lowest BCUT2D eigenvalue weighted by Crippen LogP contribution is -2.35. The van der Waals surface area contributed by atoms with E-state index in [0.717, 1.165) is 41.9 Å². The molecule has 0 aromatic heterocycles. The SMILES string of the molecule is CCCC1C=CC=CC1(c1cc(Br)c(OCCO)c(Br)c1)c1cc(Br)c(OCCO)c(Br)c1. The molecule has 0 heterocycles. The average Bonchev–Trinajstić information content (AvgIpc) is 2.78. The number of ether oxygens (including phenoxy) is 2. The number of hydrogen-bond acceptors (Lipinski definition) is 4. The van der Waals surface area contributed by atoms with Crippen molar-refractivity contribution in [1.29, 1.82) is 0 Å². The number of hydrogen-bond donors (Lipinski definition) is 2. The highest BCUT2D eigenvalue weighted by molar-refractivity contribution is 9.11. The standard InChI is InChI=1S/C25H26Br4O4/c1-2-5-16-6-3-4-7-25(16,17-12-19(26)23(20(27)13-17)32-10-8-30)18-14-21(28)24(22(29)15-18)33-11-9-31/h3-4,6-7,12-16,30-31H,2,5,8-11H2,1H3. The molecule has 8 heteroatoms. The fourth-order valence-electron chi connectivity index (χ4n) is 4.27. The summed E-state index contributed by atoms with van der Waals surface area (Å²) in [5.41, 5.74) is 1.80. The molecule has 1 aliphatic rings. The molecule has 1 unspecified atom stereocenters. The highest BCUT2D eigenvalue weighted by Gasteiger charge is 2.41. The van der Waals surface area contributed by atoms with Crippen molar-refractivity contribution in [2.45, 2.75) is 25.2 Å². The zero-order valence-corrected chi connectivity index (χ0v) is 24.5. The smallest absolute Gasteiger partial charge is 0.147 e. The van der Waals surface area contributed by atoms with Crippen molar-refractivity contribution in [2.75, 3.05) is 26.4 Å². The van der Waals surface area contributed by atoms with Crippen LogP contribution < -0.4 is 9.47 Å². The lowest BCUT2D eigenvalue weighted by molar-refractivity contribution is 0.199. The minimum atomic E-state index is -0.425. The van der Waals surface area contributed by atoms with Gasteiger partial charge in [-0.1, -0.05) is 37.6 Å². The topological polar surface area (TPSA) is 58.9 Å². The molecular formula is C25H26Br4O4. The van der Waals surface area contributed by atoms with Crippen LogP contribution in [0.25, 0.3) is 0 Å². The second-order valence-corrected chi connectivity index (χ2v) is 11.1. The number of rotatable bonds is 10. The first-order valence-corrected chi connectivity index (χ1v) is 13.9. The van der Waals surface area contributed by atoms with Gasteiger partial charge >= 0.3 is 0 Å². The van der Waals surface area contributed by atoms with Crippen LogP contribution in [0.5, 0.6) is 11.5 Å². The van der Waals surface area contributed by atoms with Crippen molar-refractivity contribution in [3.63, 3.8) is 0 Å². The Hall–Kier alpha value is -0.640. The summed E-state index contributed by atoms with van der Waals surface area (Å²) in [6, 6.07) is 8.40. The van der Waals surface area contributed by atoms with Crippen LogP contribution in [0.2, 0.25) is 0 Å². The predicted molar refractivity (Wildman–Crippen MR) is 146 cm³/mol. The number of aliphatic hydroxyl groups is 2. The van der Waals surface area contributed by atoms with Gasteiger partial charge in [-0.3, -0.25) is 0 Å². The normalized spacial score (nSPS) is 16.8. The molecule has 0 fully saturated rings. The Balaban J connectivity index is 2.22. The second-order valence-electron chi connectivity index (χ2n) is 7.69. The van der Waals surface area contributed by atoms with Gasteiger partial charge in [0.1, 0.15) is 24.7 Å². The summed E-state index contributed by atoms with van der Waals surface area (Å²) in [5, 5.41) is 18.3. The number of benzene rings is 2. The monoisotopic (exact) mass is 706 g/mol. The minimum absolute atomic E-state index is 0.0522. The highest BCUT2D eigenvalue weighted by atomic mass is 79.9. The van der Waals surface area contributed by atoms with E-state index in [2.05, 4.69) is 119 Å². The lowest BCUT2D eigenvalue weighted by Gasteiger charge is -2.41. The van der Waals surface area contributed by atoms with Gasteiger partial charge in [-0.05, 0) is 111 Å². The molecule has 1 aliphatic carbocycles. The Bertz CT molecular complexity index is 926. The van der Waals surface area contributed by atoms with Crippen molar-refractivity contribution < 1.29 is 19.7 Å². The second kappa shape index (κ2) is 12.4. The molecular weight excluding hydrogens is 684 g/mol. The number of halogens is 4. The molecule has 0 aliphatic heterocycles. The number of allylic oxidation sites excluding steroid dienone is 4. The van der Waals surface area contributed by atoms with Crippen LogP contribution in [0.3, 0.4) is 0 Å². The summed E-state index contributed by atoms with van der Waals surface area (Å²) in [4.78, 5) is 0. The zero-order chi connectivity index (χ0) is 24.0. The Labute approximate surface area is 228 Å². The third kappa shape index (κ3) is 5.78. The molecule has 0 radical (unpaired) electrons. The van der Waals surface area contributed by atoms with Gasteiger partial charge in [0, 0.05) is 5.41 Å². The highest BCUT2D eigenvalue weighted by Crippen LogP contribution is 2.50. The van der Waals surface area contributed by atoms with Gasteiger partial charge in [0.05, 0.1) is 31.1 Å². The summed E-state index contributed by atoms with van der Waals surface area (Å²) < 4.78 is 14.7. The van der Waals surface area contributed by atoms with Crippen molar-refractivity contribution in [3.8, 4) is 11.5 Å². The summed E-state index contributed by atoms with van der Waals surface area (Å²) in [6.07, 6.45) is 10.8. The molecule has 1 atom stereocenters. The fraction of sp³-hybridized carbons (Fsp3) is 0.360. The van der Waals surface area contributed by atoms with Crippen molar-refractivity contribution in [1.82, 2.24) is 0 Å². The van der Waals surface area contributed by atoms with E-state index in [4.69, 9.17) is 9.47 Å². The van der Waals surface area contributed by atoms with E-state index < -0.39 is 5.41 Å². The van der Waals surface area contributed by atoms with E-state index >= 15 is 0 Å². The first-order valence-electron chi connectivity index (χ1n) is 10.7. The molecule has 2 N–H and O–H groups in total. The fourth-order valence-corrected chi connectivity index (χ4v) is 7.10. The Kier molecular flexibility index (Phi) is 10.1. The Morgan fingerprint density at radius 1 is 0.788 bits per heavy atom. The zero-order valence-electron chi connectivity index (χ0n) is 18.2. The first-order chi connectivity index (χ1) is 15.9. The maximum atomic E-state index is 9.17. The third-order valence-corrected chi connectivity index (χ3v) is 7.98. The van der Waals surface area contributed by atoms with E-state index in [0.29, 0.717) is 11.5 Å². The first kappa shape index (κ1) is 27.0. The minimum Gasteiger partial charge on any atom is -0.489 e. The van der Waals surface area contributed by atoms with Gasteiger partial charge in [-0.25, -0.2) is 0 Å². The van der Waals surface area contributed by atoms with Gasteiger partial charge < -0.3 is 19.7 Å². The third-order valence-electron chi connectivity index (χ3n) is 5.63. The summed E-state index contributed by atoms with van der Waals surface area (Å²) in [6.45, 7) is 2.54. The van der Waals surface area contributed by atoms with E-state index in [1.54, 1.807) is 0 Å². The molecule has 2 aromatic rings. The van der Waals surface area contributed by atoms with Gasteiger partial charge in [0.25, 0.3) is 0 Å². The van der Waals surface area contributed by atoms with Crippen LogP contribution >= 0.6 is 63.7 Å². The van der Waals surface area contributed by atoms with Crippen LogP contribution in [0.15, 0.2) is 66.5 Å². The van der Waals surface area contributed by atoms with Crippen LogP contribution in [-0.2, 0) is 5.41 Å². The Morgan fingerprint density at radius 3 is 1.64 bits per heavy atom. The molecule has 3 rings (SSSR count). The van der Waals surface area contributed by atoms with Gasteiger partial charge in [-0.15, -0.1) is 0 Å². The van der Waals surface area contributed by atoms with Crippen LogP contribution in [0.1, 0.15) is 30.9 Å². The maximum Gasteiger partial charge on any atom is 0.147 e. The van der Waals surface area contributed by atoms with E-state index in [1.165, 1.54) is 0 Å². The summed E-state index contributed by atoms with van der Waals surface area (Å²) in [5.74, 6) is 1.57. The van der Waals surface area contributed by atoms with E-state index in [1.807, 2.05) is 0 Å². The Morgan fingerprint density at radius 2 is 1.24 bits per heavy atom. The average molecular weight is 710 g/mol. The molecule has 0 spiro atoms. The van der Waals surface area contributed by atoms with Crippen LogP contribution in [0, 0.1) is 5.92 Å². The molecule has 0 amide bonds. The van der Waals surface area contributed by atoms with Gasteiger partial charge in [-0.2, -0.15) is 0 Å². The largest absolute Gasteiger partial charge is 0.489 e. The molecule has 33 heavy (non-hydrogen) atoms. The van der Waals surface area contributed by atoms with Crippen LogP contribution in [-0.4, -0.2) is 36.6 Å². The number of aliphatic hydroxyl groups excluding tert-OH is 2. The van der Waals surface area contributed by atoms with Crippen molar-refractivity contribution in [2.24, 2.45) is 5.92 Å².